The number of hydrogen-bond acceptors (Lipinski definition) is 4. The SMILES string of the molecule is Cc1ccc2c(c1)C(O)NC(O)N2. The highest BCUT2D eigenvalue weighted by Gasteiger charge is 2.21. The molecule has 13 heavy (non-hydrogen) atoms. The molecule has 2 unspecified atom stereocenters. The molecule has 0 saturated carbocycles. The summed E-state index contributed by atoms with van der Waals surface area (Å²) in [4.78, 5) is 0. The molecule has 1 aliphatic heterocycles. The van der Waals surface area contributed by atoms with Gasteiger partial charge in [0.15, 0.2) is 6.35 Å². The van der Waals surface area contributed by atoms with Crippen LogP contribution in [-0.2, 0) is 0 Å². The molecule has 0 aliphatic carbocycles. The van der Waals surface area contributed by atoms with Crippen LogP contribution >= 0.6 is 0 Å². The van der Waals surface area contributed by atoms with Crippen LogP contribution in [0.2, 0.25) is 0 Å². The van der Waals surface area contributed by atoms with Gasteiger partial charge in [-0.3, -0.25) is 0 Å². The summed E-state index contributed by atoms with van der Waals surface area (Å²) >= 11 is 0. The van der Waals surface area contributed by atoms with E-state index in [9.17, 15) is 10.2 Å². The van der Waals surface area contributed by atoms with Crippen LogP contribution in [0, 0.1) is 6.92 Å². The molecule has 1 aliphatic rings. The molecular formula is C9H12N2O2. The Morgan fingerprint density at radius 3 is 2.85 bits per heavy atom. The van der Waals surface area contributed by atoms with E-state index in [0.717, 1.165) is 16.8 Å². The van der Waals surface area contributed by atoms with Crippen LogP contribution in [-0.4, -0.2) is 16.6 Å². The monoisotopic (exact) mass is 180 g/mol. The van der Waals surface area contributed by atoms with E-state index in [-0.39, 0.29) is 0 Å². The normalized spacial score (nSPS) is 26.4. The zero-order valence-corrected chi connectivity index (χ0v) is 7.28. The van der Waals surface area contributed by atoms with Gasteiger partial charge in [-0.25, -0.2) is 5.32 Å². The number of fused-ring (bicyclic) bond motifs is 1. The fraction of sp³-hybridized carbons (Fsp3) is 0.333. The van der Waals surface area contributed by atoms with Gasteiger partial charge in [-0.1, -0.05) is 17.7 Å². The smallest absolute Gasteiger partial charge is 0.183 e. The maximum atomic E-state index is 9.55. The zero-order chi connectivity index (χ0) is 9.42. The first-order valence-electron chi connectivity index (χ1n) is 4.16. The van der Waals surface area contributed by atoms with Gasteiger partial charge in [0.25, 0.3) is 0 Å². The first-order valence-corrected chi connectivity index (χ1v) is 4.16. The molecule has 4 nitrogen and oxygen atoms in total. The van der Waals surface area contributed by atoms with Crippen molar-refractivity contribution >= 4 is 5.69 Å². The molecule has 4 N–H and O–H groups in total. The average molecular weight is 180 g/mol. The first kappa shape index (κ1) is 8.50. The third kappa shape index (κ3) is 1.51. The number of aliphatic hydroxyl groups excluding tert-OH is 2. The van der Waals surface area contributed by atoms with E-state index in [4.69, 9.17) is 0 Å². The Labute approximate surface area is 76.2 Å². The largest absolute Gasteiger partial charge is 0.374 e. The number of nitrogens with one attached hydrogen (secondary N) is 2. The third-order valence-electron chi connectivity index (χ3n) is 2.11. The molecule has 0 amide bonds. The lowest BCUT2D eigenvalue weighted by atomic mass is 10.1. The van der Waals surface area contributed by atoms with Crippen molar-refractivity contribution in [2.75, 3.05) is 5.32 Å². The quantitative estimate of drug-likeness (QED) is 0.463. The van der Waals surface area contributed by atoms with Crippen LogP contribution in [0.1, 0.15) is 17.4 Å². The van der Waals surface area contributed by atoms with Crippen LogP contribution in [0.4, 0.5) is 5.69 Å². The maximum Gasteiger partial charge on any atom is 0.183 e. The van der Waals surface area contributed by atoms with Crippen molar-refractivity contribution in [3.8, 4) is 0 Å². The Hall–Kier alpha value is -1.10. The van der Waals surface area contributed by atoms with Gasteiger partial charge in [0, 0.05) is 11.3 Å². The molecule has 2 rings (SSSR count). The van der Waals surface area contributed by atoms with Crippen molar-refractivity contribution in [3.63, 3.8) is 0 Å². The zero-order valence-electron chi connectivity index (χ0n) is 7.28. The summed E-state index contributed by atoms with van der Waals surface area (Å²) in [7, 11) is 0. The Morgan fingerprint density at radius 1 is 1.31 bits per heavy atom. The second-order valence-electron chi connectivity index (χ2n) is 3.21. The van der Waals surface area contributed by atoms with Gasteiger partial charge in [-0.15, -0.1) is 0 Å². The second-order valence-corrected chi connectivity index (χ2v) is 3.21. The van der Waals surface area contributed by atoms with Crippen LogP contribution in [0.3, 0.4) is 0 Å². The van der Waals surface area contributed by atoms with Crippen LogP contribution in [0.25, 0.3) is 0 Å². The highest BCUT2D eigenvalue weighted by atomic mass is 16.3. The molecular weight excluding hydrogens is 168 g/mol. The predicted octanol–water partition coefficient (Wildman–Crippen LogP) is 0.277. The molecule has 0 spiro atoms. The van der Waals surface area contributed by atoms with E-state index >= 15 is 0 Å². The molecule has 0 aromatic heterocycles. The number of hydrogen-bond donors (Lipinski definition) is 4. The third-order valence-corrected chi connectivity index (χ3v) is 2.11. The van der Waals surface area contributed by atoms with E-state index in [1.165, 1.54) is 0 Å². The minimum absolute atomic E-state index is 0.768. The Morgan fingerprint density at radius 2 is 2.08 bits per heavy atom. The lowest BCUT2D eigenvalue weighted by Crippen LogP contribution is -2.42. The van der Waals surface area contributed by atoms with Crippen LogP contribution in [0.15, 0.2) is 18.2 Å². The lowest BCUT2D eigenvalue weighted by molar-refractivity contribution is 0.0488. The molecule has 2 atom stereocenters. The Kier molecular flexibility index (Phi) is 1.95. The molecule has 0 fully saturated rings. The van der Waals surface area contributed by atoms with Gasteiger partial charge in [0.2, 0.25) is 0 Å². The summed E-state index contributed by atoms with van der Waals surface area (Å²) in [5.41, 5.74) is 2.62. The minimum atomic E-state index is -0.884. The number of aryl methyl sites for hydroxylation is 1. The lowest BCUT2D eigenvalue weighted by Gasteiger charge is -2.28. The average Bonchev–Trinajstić information content (AvgIpc) is 2.06. The first-order chi connectivity index (χ1) is 6.16. The molecule has 4 heteroatoms. The van der Waals surface area contributed by atoms with Crippen molar-refractivity contribution in [1.29, 1.82) is 0 Å². The summed E-state index contributed by atoms with van der Waals surface area (Å²) < 4.78 is 0. The number of anilines is 1. The highest BCUT2D eigenvalue weighted by molar-refractivity contribution is 5.55. The molecule has 0 saturated heterocycles. The van der Waals surface area contributed by atoms with Crippen molar-refractivity contribution in [1.82, 2.24) is 5.32 Å². The summed E-state index contributed by atoms with van der Waals surface area (Å²) in [6.45, 7) is 1.96. The standard InChI is InChI=1S/C9H12N2O2/c1-5-2-3-7-6(4-5)8(12)11-9(13)10-7/h2-4,8-13H,1H3. The van der Waals surface area contributed by atoms with Gasteiger partial charge < -0.3 is 15.5 Å². The van der Waals surface area contributed by atoms with E-state index in [1.54, 1.807) is 0 Å². The van der Waals surface area contributed by atoms with Crippen molar-refractivity contribution in [2.24, 2.45) is 0 Å². The van der Waals surface area contributed by atoms with Gasteiger partial charge in [-0.2, -0.15) is 0 Å². The highest BCUT2D eigenvalue weighted by Crippen LogP contribution is 2.26. The fourth-order valence-electron chi connectivity index (χ4n) is 1.47. The van der Waals surface area contributed by atoms with Gasteiger partial charge in [0.05, 0.1) is 0 Å². The maximum absolute atomic E-state index is 9.55. The summed E-state index contributed by atoms with van der Waals surface area (Å²) in [5.74, 6) is 0. The van der Waals surface area contributed by atoms with Crippen LogP contribution < -0.4 is 10.6 Å². The van der Waals surface area contributed by atoms with Crippen LogP contribution in [0.5, 0.6) is 0 Å². The van der Waals surface area contributed by atoms with E-state index in [1.807, 2.05) is 25.1 Å². The van der Waals surface area contributed by atoms with Crippen molar-refractivity contribution in [3.05, 3.63) is 29.3 Å². The predicted molar refractivity (Wildman–Crippen MR) is 48.9 cm³/mol. The second kappa shape index (κ2) is 2.99. The minimum Gasteiger partial charge on any atom is -0.374 e. The molecule has 1 aromatic rings. The summed E-state index contributed by atoms with van der Waals surface area (Å²) in [6.07, 6.45) is -1.68. The molecule has 0 radical (unpaired) electrons. The van der Waals surface area contributed by atoms with Gasteiger partial charge in [0.1, 0.15) is 6.23 Å². The molecule has 70 valence electrons. The molecule has 0 bridgehead atoms. The van der Waals surface area contributed by atoms with E-state index in [0.29, 0.717) is 0 Å². The molecule has 1 aromatic carbocycles. The van der Waals surface area contributed by atoms with E-state index < -0.39 is 12.6 Å². The summed E-state index contributed by atoms with van der Waals surface area (Å²) in [5, 5.41) is 24.1. The Balaban J connectivity index is 2.43. The van der Waals surface area contributed by atoms with Crippen molar-refractivity contribution in [2.45, 2.75) is 19.5 Å². The Bertz CT molecular complexity index is 327. The van der Waals surface area contributed by atoms with Gasteiger partial charge in [-0.05, 0) is 13.0 Å². The number of rotatable bonds is 0. The fourth-order valence-corrected chi connectivity index (χ4v) is 1.47. The number of aliphatic hydroxyl groups is 2. The number of benzene rings is 1. The van der Waals surface area contributed by atoms with Crippen molar-refractivity contribution < 1.29 is 10.2 Å². The van der Waals surface area contributed by atoms with E-state index in [2.05, 4.69) is 10.6 Å². The summed E-state index contributed by atoms with van der Waals surface area (Å²) in [6, 6.07) is 5.65. The molecule has 1 heterocycles. The topological polar surface area (TPSA) is 64.5 Å². The van der Waals surface area contributed by atoms with Gasteiger partial charge >= 0.3 is 0 Å².